The van der Waals surface area contributed by atoms with E-state index in [4.69, 9.17) is 4.74 Å². The summed E-state index contributed by atoms with van der Waals surface area (Å²) in [5.74, 6) is 0.270. The Labute approximate surface area is 182 Å². The van der Waals surface area contributed by atoms with Gasteiger partial charge in [0.1, 0.15) is 11.4 Å². The van der Waals surface area contributed by atoms with Crippen molar-refractivity contribution in [1.29, 1.82) is 0 Å². The normalized spacial score (nSPS) is 11.1. The molecule has 11 heteroatoms. The minimum absolute atomic E-state index is 0.0794. The Hall–Kier alpha value is -3.60. The van der Waals surface area contributed by atoms with E-state index < -0.39 is 4.92 Å². The number of rotatable bonds is 8. The van der Waals surface area contributed by atoms with Crippen LogP contribution in [-0.4, -0.2) is 36.0 Å². The molecule has 0 saturated carbocycles. The van der Waals surface area contributed by atoms with E-state index >= 15 is 0 Å². The zero-order valence-corrected chi connectivity index (χ0v) is 18.4. The molecule has 0 bridgehead atoms. The molecule has 31 heavy (non-hydrogen) atoms. The maximum atomic E-state index is 11.7. The van der Waals surface area contributed by atoms with Gasteiger partial charge in [-0.25, -0.2) is 4.98 Å². The van der Waals surface area contributed by atoms with Gasteiger partial charge in [-0.3, -0.25) is 14.9 Å². The molecule has 0 aliphatic heterocycles. The van der Waals surface area contributed by atoms with Gasteiger partial charge in [-0.15, -0.1) is 10.2 Å². The highest BCUT2D eigenvalue weighted by atomic mass is 32.1. The zero-order valence-electron chi connectivity index (χ0n) is 17.6. The number of anilines is 2. The molecule has 2 aromatic carbocycles. The Morgan fingerprint density at radius 3 is 2.65 bits per heavy atom. The summed E-state index contributed by atoms with van der Waals surface area (Å²) < 4.78 is 6.13. The number of non-ortho nitro benzene ring substituents is 1. The Morgan fingerprint density at radius 1 is 1.29 bits per heavy atom. The molecular weight excluding hydrogens is 420 g/mol. The first kappa shape index (κ1) is 22.1. The molecule has 0 saturated heterocycles. The highest BCUT2D eigenvalue weighted by Gasteiger charge is 2.17. The molecule has 0 radical (unpaired) electrons. The van der Waals surface area contributed by atoms with E-state index in [0.29, 0.717) is 21.8 Å². The summed E-state index contributed by atoms with van der Waals surface area (Å²) in [5.41, 5.74) is 1.99. The van der Waals surface area contributed by atoms with Crippen LogP contribution < -0.4 is 15.0 Å². The highest BCUT2D eigenvalue weighted by Crippen LogP contribution is 2.40. The molecule has 1 aromatic heterocycles. The van der Waals surface area contributed by atoms with Crippen LogP contribution in [0, 0.1) is 10.1 Å². The standard InChI is InChI=1S/C20H22N6O4S/c1-5-25(6-2)16-11-17(30-4)14(10-13(16)21-12(3)27)23-24-20-22-19-15(26(28)29)8-7-9-18(19)31-20/h7-11H,5-6H2,1-4H3,(H,21,27). The number of thiazole rings is 1. The van der Waals surface area contributed by atoms with Crippen LogP contribution in [-0.2, 0) is 4.79 Å². The molecule has 0 fully saturated rings. The first-order valence-electron chi connectivity index (χ1n) is 9.58. The van der Waals surface area contributed by atoms with Crippen molar-refractivity contribution in [2.24, 2.45) is 10.2 Å². The van der Waals surface area contributed by atoms with E-state index in [9.17, 15) is 14.9 Å². The van der Waals surface area contributed by atoms with Gasteiger partial charge in [0, 0.05) is 32.1 Å². The molecule has 0 spiro atoms. The van der Waals surface area contributed by atoms with Crippen LogP contribution >= 0.6 is 11.3 Å². The second-order valence-corrected chi connectivity index (χ2v) is 7.48. The largest absolute Gasteiger partial charge is 0.494 e. The van der Waals surface area contributed by atoms with Gasteiger partial charge in [-0.05, 0) is 26.0 Å². The van der Waals surface area contributed by atoms with Crippen molar-refractivity contribution in [3.63, 3.8) is 0 Å². The van der Waals surface area contributed by atoms with E-state index in [1.165, 1.54) is 31.4 Å². The summed E-state index contributed by atoms with van der Waals surface area (Å²) >= 11 is 1.20. The lowest BCUT2D eigenvalue weighted by Gasteiger charge is -2.25. The SMILES string of the molecule is CCN(CC)c1cc(OC)c(N=Nc2nc3c([N+](=O)[O-])cccc3s2)cc1NC(C)=O. The lowest BCUT2D eigenvalue weighted by atomic mass is 10.2. The number of azo groups is 1. The van der Waals surface area contributed by atoms with E-state index in [1.54, 1.807) is 24.3 Å². The summed E-state index contributed by atoms with van der Waals surface area (Å²) in [4.78, 5) is 28.8. The van der Waals surface area contributed by atoms with Gasteiger partial charge in [0.05, 0.1) is 28.1 Å². The number of nitrogens with zero attached hydrogens (tertiary/aromatic N) is 5. The molecule has 1 amide bonds. The fourth-order valence-electron chi connectivity index (χ4n) is 3.12. The number of para-hydroxylation sites is 1. The monoisotopic (exact) mass is 442 g/mol. The number of amides is 1. The number of nitro benzene ring substituents is 1. The molecule has 0 unspecified atom stereocenters. The number of benzene rings is 2. The number of fused-ring (bicyclic) bond motifs is 1. The Balaban J connectivity index is 2.04. The van der Waals surface area contributed by atoms with Crippen molar-refractivity contribution in [1.82, 2.24) is 4.98 Å². The van der Waals surface area contributed by atoms with Gasteiger partial charge in [0.25, 0.3) is 5.69 Å². The van der Waals surface area contributed by atoms with Gasteiger partial charge >= 0.3 is 0 Å². The van der Waals surface area contributed by atoms with Crippen LogP contribution in [0.5, 0.6) is 5.75 Å². The van der Waals surface area contributed by atoms with Gasteiger partial charge in [-0.2, -0.15) is 0 Å². The maximum Gasteiger partial charge on any atom is 0.296 e. The first-order valence-corrected chi connectivity index (χ1v) is 10.4. The summed E-state index contributed by atoms with van der Waals surface area (Å²) in [6, 6.07) is 8.24. The van der Waals surface area contributed by atoms with Crippen molar-refractivity contribution in [2.45, 2.75) is 20.8 Å². The van der Waals surface area contributed by atoms with Crippen LogP contribution in [0.2, 0.25) is 0 Å². The first-order chi connectivity index (χ1) is 14.9. The summed E-state index contributed by atoms with van der Waals surface area (Å²) in [7, 11) is 1.53. The van der Waals surface area contributed by atoms with Gasteiger partial charge in [-0.1, -0.05) is 17.4 Å². The predicted octanol–water partition coefficient (Wildman–Crippen LogP) is 5.43. The van der Waals surface area contributed by atoms with E-state index in [2.05, 4.69) is 25.4 Å². The maximum absolute atomic E-state index is 11.7. The molecule has 1 heterocycles. The quantitative estimate of drug-likeness (QED) is 0.282. The number of hydrogen-bond acceptors (Lipinski definition) is 9. The predicted molar refractivity (Wildman–Crippen MR) is 121 cm³/mol. The van der Waals surface area contributed by atoms with Crippen molar-refractivity contribution in [3.05, 3.63) is 40.4 Å². The minimum Gasteiger partial charge on any atom is -0.494 e. The van der Waals surface area contributed by atoms with Crippen LogP contribution in [0.4, 0.5) is 27.9 Å². The zero-order chi connectivity index (χ0) is 22.5. The summed E-state index contributed by atoms with van der Waals surface area (Å²) in [6.45, 7) is 6.97. The molecular formula is C20H22N6O4S. The lowest BCUT2D eigenvalue weighted by molar-refractivity contribution is -0.383. The average Bonchev–Trinajstić information content (AvgIpc) is 3.16. The van der Waals surface area contributed by atoms with Crippen LogP contribution in [0.1, 0.15) is 20.8 Å². The summed E-state index contributed by atoms with van der Waals surface area (Å²) in [6.07, 6.45) is 0. The molecule has 10 nitrogen and oxygen atoms in total. The number of carbonyl (C=O) groups is 1. The Morgan fingerprint density at radius 2 is 2.03 bits per heavy atom. The number of nitrogens with one attached hydrogen (secondary N) is 1. The molecule has 3 rings (SSSR count). The van der Waals surface area contributed by atoms with Gasteiger partial charge < -0.3 is 15.0 Å². The minimum atomic E-state index is -0.475. The lowest BCUT2D eigenvalue weighted by Crippen LogP contribution is -2.23. The summed E-state index contributed by atoms with van der Waals surface area (Å²) in [5, 5.41) is 22.7. The smallest absolute Gasteiger partial charge is 0.296 e. The van der Waals surface area contributed by atoms with Gasteiger partial charge in [0.2, 0.25) is 11.0 Å². The number of nitro groups is 1. The molecule has 1 N–H and O–H groups in total. The fourth-order valence-corrected chi connectivity index (χ4v) is 3.93. The van der Waals surface area contributed by atoms with Crippen LogP contribution in [0.3, 0.4) is 0 Å². The second kappa shape index (κ2) is 9.47. The third-order valence-corrected chi connectivity index (χ3v) is 5.44. The van der Waals surface area contributed by atoms with E-state index in [1.807, 2.05) is 13.8 Å². The number of carbonyl (C=O) groups excluding carboxylic acids is 1. The molecule has 0 aliphatic carbocycles. The third kappa shape index (κ3) is 4.77. The molecule has 162 valence electrons. The third-order valence-electron chi connectivity index (χ3n) is 4.54. The fraction of sp³-hybridized carbons (Fsp3) is 0.300. The van der Waals surface area contributed by atoms with Crippen molar-refractivity contribution < 1.29 is 14.5 Å². The number of aromatic nitrogens is 1. The number of methoxy groups -OCH3 is 1. The average molecular weight is 443 g/mol. The van der Waals surface area contributed by atoms with E-state index in [-0.39, 0.29) is 22.2 Å². The highest BCUT2D eigenvalue weighted by molar-refractivity contribution is 7.22. The molecule has 0 atom stereocenters. The topological polar surface area (TPSA) is 122 Å². The van der Waals surface area contributed by atoms with Crippen LogP contribution in [0.25, 0.3) is 10.2 Å². The van der Waals surface area contributed by atoms with Crippen molar-refractivity contribution >= 4 is 55.3 Å². The van der Waals surface area contributed by atoms with Crippen molar-refractivity contribution in [2.75, 3.05) is 30.4 Å². The van der Waals surface area contributed by atoms with Gasteiger partial charge in [0.15, 0.2) is 5.52 Å². The Kier molecular flexibility index (Phi) is 6.75. The Bertz CT molecular complexity index is 1160. The molecule has 3 aromatic rings. The number of hydrogen-bond donors (Lipinski definition) is 1. The van der Waals surface area contributed by atoms with E-state index in [0.717, 1.165) is 18.8 Å². The molecule has 0 aliphatic rings. The number of ether oxygens (including phenoxy) is 1. The second-order valence-electron chi connectivity index (χ2n) is 6.47. The van der Waals surface area contributed by atoms with Crippen molar-refractivity contribution in [3.8, 4) is 5.75 Å². The van der Waals surface area contributed by atoms with Crippen LogP contribution in [0.15, 0.2) is 40.6 Å².